The molecule has 0 aromatic carbocycles. The van der Waals surface area contributed by atoms with Crippen molar-refractivity contribution >= 4 is 5.97 Å². The van der Waals surface area contributed by atoms with Crippen LogP contribution in [-0.4, -0.2) is 24.3 Å². The number of unbranched alkanes of at least 4 members (excludes halogenated alkanes) is 6. The maximum absolute atomic E-state index is 11.2. The number of hydrogen-bond donors (Lipinski definition) is 1. The zero-order chi connectivity index (χ0) is 12.8. The molecule has 3 nitrogen and oxygen atoms in total. The van der Waals surface area contributed by atoms with Crippen LogP contribution in [0.25, 0.3) is 0 Å². The van der Waals surface area contributed by atoms with E-state index in [4.69, 9.17) is 9.84 Å². The predicted molar refractivity (Wildman–Crippen MR) is 69.8 cm³/mol. The van der Waals surface area contributed by atoms with Gasteiger partial charge in [-0.3, -0.25) is 0 Å². The first-order valence-corrected chi connectivity index (χ1v) is 6.75. The summed E-state index contributed by atoms with van der Waals surface area (Å²) in [5.41, 5.74) is 0. The molecule has 0 amide bonds. The number of esters is 1. The Morgan fingerprint density at radius 2 is 1.88 bits per heavy atom. The fraction of sp³-hybridized carbons (Fsp3) is 0.786. The van der Waals surface area contributed by atoms with E-state index in [0.29, 0.717) is 13.0 Å². The minimum atomic E-state index is -0.267. The lowest BCUT2D eigenvalue weighted by molar-refractivity contribution is -0.137. The summed E-state index contributed by atoms with van der Waals surface area (Å²) in [6.45, 7) is 2.76. The van der Waals surface area contributed by atoms with Gasteiger partial charge in [0.25, 0.3) is 0 Å². The summed E-state index contributed by atoms with van der Waals surface area (Å²) in [6, 6.07) is 0. The van der Waals surface area contributed by atoms with Crippen molar-refractivity contribution in [3.63, 3.8) is 0 Å². The van der Waals surface area contributed by atoms with Gasteiger partial charge in [0.2, 0.25) is 0 Å². The van der Waals surface area contributed by atoms with Crippen molar-refractivity contribution in [1.82, 2.24) is 0 Å². The molecule has 0 unspecified atom stereocenters. The first-order valence-electron chi connectivity index (χ1n) is 6.75. The van der Waals surface area contributed by atoms with Crippen LogP contribution in [0.5, 0.6) is 0 Å². The summed E-state index contributed by atoms with van der Waals surface area (Å²) in [6.07, 6.45) is 12.0. The minimum absolute atomic E-state index is 0.158. The Morgan fingerprint density at radius 1 is 1.12 bits per heavy atom. The molecule has 0 radical (unpaired) electrons. The van der Waals surface area contributed by atoms with Gasteiger partial charge in [0, 0.05) is 12.7 Å². The Hall–Kier alpha value is -0.830. The number of hydrogen-bond acceptors (Lipinski definition) is 3. The second kappa shape index (κ2) is 13.2. The Bertz CT molecular complexity index is 200. The van der Waals surface area contributed by atoms with Crippen LogP contribution < -0.4 is 0 Å². The molecule has 3 heteroatoms. The molecule has 0 aromatic rings. The molecule has 100 valence electrons. The van der Waals surface area contributed by atoms with E-state index in [1.54, 1.807) is 0 Å². The zero-order valence-corrected chi connectivity index (χ0v) is 11.0. The molecule has 0 bridgehead atoms. The highest BCUT2D eigenvalue weighted by molar-refractivity contribution is 5.81. The molecule has 0 aromatic heterocycles. The second-order valence-electron chi connectivity index (χ2n) is 4.20. The summed E-state index contributed by atoms with van der Waals surface area (Å²) < 4.78 is 4.95. The first-order chi connectivity index (χ1) is 8.31. The summed E-state index contributed by atoms with van der Waals surface area (Å²) in [5.74, 6) is -0.267. The standard InChI is InChI=1S/C14H26O3/c1-2-3-4-5-6-7-8-11-14(16)17-13-10-9-12-15/h8,11,15H,2-7,9-10,12-13H2,1H3/b11-8+. The Balaban J connectivity index is 3.28. The van der Waals surface area contributed by atoms with Crippen molar-refractivity contribution in [1.29, 1.82) is 0 Å². The monoisotopic (exact) mass is 242 g/mol. The van der Waals surface area contributed by atoms with Gasteiger partial charge in [0.1, 0.15) is 0 Å². The zero-order valence-electron chi connectivity index (χ0n) is 11.0. The minimum Gasteiger partial charge on any atom is -0.463 e. The van der Waals surface area contributed by atoms with Crippen LogP contribution in [0, 0.1) is 0 Å². The lowest BCUT2D eigenvalue weighted by atomic mass is 10.1. The highest BCUT2D eigenvalue weighted by Gasteiger charge is 1.95. The van der Waals surface area contributed by atoms with Crippen molar-refractivity contribution in [2.24, 2.45) is 0 Å². The van der Waals surface area contributed by atoms with Crippen molar-refractivity contribution in [3.8, 4) is 0 Å². The van der Waals surface area contributed by atoms with Gasteiger partial charge in [-0.2, -0.15) is 0 Å². The average Bonchev–Trinajstić information content (AvgIpc) is 2.33. The smallest absolute Gasteiger partial charge is 0.330 e. The topological polar surface area (TPSA) is 46.5 Å². The van der Waals surface area contributed by atoms with E-state index in [2.05, 4.69) is 6.92 Å². The van der Waals surface area contributed by atoms with Crippen LogP contribution in [0.1, 0.15) is 58.3 Å². The molecule has 1 N–H and O–H groups in total. The highest BCUT2D eigenvalue weighted by Crippen LogP contribution is 2.05. The molecule has 0 spiro atoms. The number of rotatable bonds is 11. The van der Waals surface area contributed by atoms with Crippen LogP contribution in [0.4, 0.5) is 0 Å². The molecule has 0 aliphatic rings. The number of carbonyl (C=O) groups is 1. The Labute approximate surface area is 105 Å². The van der Waals surface area contributed by atoms with E-state index >= 15 is 0 Å². The number of aliphatic hydroxyl groups is 1. The van der Waals surface area contributed by atoms with Crippen molar-refractivity contribution in [3.05, 3.63) is 12.2 Å². The van der Waals surface area contributed by atoms with Crippen LogP contribution in [0.15, 0.2) is 12.2 Å². The molecule has 0 aliphatic heterocycles. The molecule has 0 fully saturated rings. The number of aliphatic hydroxyl groups excluding tert-OH is 1. The normalized spacial score (nSPS) is 10.9. The largest absolute Gasteiger partial charge is 0.463 e. The third-order valence-electron chi connectivity index (χ3n) is 2.53. The fourth-order valence-electron chi connectivity index (χ4n) is 1.48. The van der Waals surface area contributed by atoms with Gasteiger partial charge >= 0.3 is 5.97 Å². The Kier molecular flexibility index (Phi) is 12.6. The van der Waals surface area contributed by atoms with E-state index < -0.39 is 0 Å². The van der Waals surface area contributed by atoms with Crippen LogP contribution in [-0.2, 0) is 9.53 Å². The van der Waals surface area contributed by atoms with Crippen molar-refractivity contribution < 1.29 is 14.6 Å². The third-order valence-corrected chi connectivity index (χ3v) is 2.53. The maximum Gasteiger partial charge on any atom is 0.330 e. The Morgan fingerprint density at radius 3 is 2.59 bits per heavy atom. The third kappa shape index (κ3) is 13.1. The lowest BCUT2D eigenvalue weighted by Gasteiger charge is -2.00. The molecule has 17 heavy (non-hydrogen) atoms. The molecular weight excluding hydrogens is 216 g/mol. The SMILES string of the molecule is CCCCCCC/C=C/C(=O)OCCCCO. The van der Waals surface area contributed by atoms with E-state index in [-0.39, 0.29) is 12.6 Å². The van der Waals surface area contributed by atoms with Gasteiger partial charge in [-0.25, -0.2) is 4.79 Å². The highest BCUT2D eigenvalue weighted by atomic mass is 16.5. The summed E-state index contributed by atoms with van der Waals surface area (Å²) >= 11 is 0. The quantitative estimate of drug-likeness (QED) is 0.344. The van der Waals surface area contributed by atoms with Gasteiger partial charge in [-0.15, -0.1) is 0 Å². The fourth-order valence-corrected chi connectivity index (χ4v) is 1.48. The number of carbonyl (C=O) groups excluding carboxylic acids is 1. The first kappa shape index (κ1) is 16.2. The summed E-state index contributed by atoms with van der Waals surface area (Å²) in [4.78, 5) is 11.2. The maximum atomic E-state index is 11.2. The average molecular weight is 242 g/mol. The molecule has 0 rings (SSSR count). The van der Waals surface area contributed by atoms with Crippen molar-refractivity contribution in [2.45, 2.75) is 58.3 Å². The lowest BCUT2D eigenvalue weighted by Crippen LogP contribution is -2.02. The van der Waals surface area contributed by atoms with E-state index in [0.717, 1.165) is 19.3 Å². The molecule has 0 heterocycles. The van der Waals surface area contributed by atoms with Gasteiger partial charge in [-0.05, 0) is 25.7 Å². The van der Waals surface area contributed by atoms with Crippen LogP contribution >= 0.6 is 0 Å². The second-order valence-corrected chi connectivity index (χ2v) is 4.20. The van der Waals surface area contributed by atoms with Gasteiger partial charge in [0.05, 0.1) is 6.61 Å². The molecule has 0 aliphatic carbocycles. The van der Waals surface area contributed by atoms with E-state index in [1.165, 1.54) is 31.8 Å². The van der Waals surface area contributed by atoms with E-state index in [9.17, 15) is 4.79 Å². The van der Waals surface area contributed by atoms with Crippen LogP contribution in [0.3, 0.4) is 0 Å². The molecule has 0 saturated carbocycles. The summed E-state index contributed by atoms with van der Waals surface area (Å²) in [7, 11) is 0. The molecular formula is C14H26O3. The number of allylic oxidation sites excluding steroid dienone is 1. The molecule has 0 saturated heterocycles. The molecule has 0 atom stereocenters. The van der Waals surface area contributed by atoms with Crippen molar-refractivity contribution in [2.75, 3.05) is 13.2 Å². The predicted octanol–water partition coefficient (Wildman–Crippen LogP) is 3.22. The van der Waals surface area contributed by atoms with Gasteiger partial charge in [0.15, 0.2) is 0 Å². The summed E-state index contributed by atoms with van der Waals surface area (Å²) in [5, 5.41) is 8.54. The van der Waals surface area contributed by atoms with Gasteiger partial charge < -0.3 is 9.84 Å². The number of ether oxygens (including phenoxy) is 1. The van der Waals surface area contributed by atoms with E-state index in [1.807, 2.05) is 6.08 Å². The van der Waals surface area contributed by atoms with Gasteiger partial charge in [-0.1, -0.05) is 38.7 Å². The van der Waals surface area contributed by atoms with Crippen LogP contribution in [0.2, 0.25) is 0 Å².